The number of esters is 3. The van der Waals surface area contributed by atoms with Crippen LogP contribution in [0.25, 0.3) is 0 Å². The monoisotopic (exact) mass is 700 g/mol. The maximum Gasteiger partial charge on any atom is 0.320 e. The van der Waals surface area contributed by atoms with Crippen LogP contribution in [-0.4, -0.2) is 92.0 Å². The molecule has 0 amide bonds. The van der Waals surface area contributed by atoms with Gasteiger partial charge in [0, 0.05) is 50.1 Å². The van der Waals surface area contributed by atoms with Crippen LogP contribution < -0.4 is 0 Å². The zero-order valence-corrected chi connectivity index (χ0v) is 31.1. The first-order chi connectivity index (χ1) is 23.0. The molecule has 0 aliphatic carbocycles. The molecule has 0 spiro atoms. The first-order valence-corrected chi connectivity index (χ1v) is 16.9. The predicted octanol–water partition coefficient (Wildman–Crippen LogP) is 5.38. The Balaban J connectivity index is 2.35. The molecule has 0 fully saturated rings. The van der Waals surface area contributed by atoms with Gasteiger partial charge in [0.25, 0.3) is 0 Å². The molecule has 2 aromatic rings. The lowest BCUT2D eigenvalue weighted by atomic mass is 10.0. The minimum atomic E-state index is -0.934. The number of benzene rings is 2. The summed E-state index contributed by atoms with van der Waals surface area (Å²) in [6, 6.07) is 9.98. The first kappa shape index (κ1) is 42.0. The molecule has 2 aromatic carbocycles. The van der Waals surface area contributed by atoms with Crippen molar-refractivity contribution in [1.82, 2.24) is 9.80 Å². The maximum atomic E-state index is 13.0. The van der Waals surface area contributed by atoms with E-state index in [1.165, 1.54) is 6.07 Å². The average Bonchev–Trinajstić information content (AvgIpc) is 2.93. The number of carboxylic acids is 1. The Kier molecular flexibility index (Phi) is 15.3. The number of ether oxygens (including phenoxy) is 3. The summed E-state index contributed by atoms with van der Waals surface area (Å²) in [5, 5.41) is 30.6. The predicted molar refractivity (Wildman–Crippen MR) is 189 cm³/mol. The molecule has 3 N–H and O–H groups in total. The molecule has 278 valence electrons. The van der Waals surface area contributed by atoms with Gasteiger partial charge in [0.15, 0.2) is 0 Å². The van der Waals surface area contributed by atoms with E-state index in [1.54, 1.807) is 102 Å². The smallest absolute Gasteiger partial charge is 0.320 e. The van der Waals surface area contributed by atoms with Crippen LogP contribution in [0.2, 0.25) is 0 Å². The Morgan fingerprint density at radius 3 is 1.30 bits per heavy atom. The second kappa shape index (κ2) is 18.2. The van der Waals surface area contributed by atoms with Crippen molar-refractivity contribution in [1.29, 1.82) is 0 Å². The fourth-order valence-electron chi connectivity index (χ4n) is 5.04. The highest BCUT2D eigenvalue weighted by molar-refractivity contribution is 5.73. The molecule has 0 saturated carbocycles. The number of carbonyl (C=O) groups is 4. The third kappa shape index (κ3) is 17.5. The second-order valence-electron chi connectivity index (χ2n) is 15.5. The molecule has 50 heavy (non-hydrogen) atoms. The van der Waals surface area contributed by atoms with Gasteiger partial charge in [-0.2, -0.15) is 0 Å². The molecular formula is C38H56N2O10. The summed E-state index contributed by atoms with van der Waals surface area (Å²) in [5.41, 5.74) is 0.535. The number of aromatic hydroxyl groups is 2. The van der Waals surface area contributed by atoms with Gasteiger partial charge < -0.3 is 29.5 Å². The Hall–Kier alpha value is -4.16. The molecule has 0 unspecified atom stereocenters. The van der Waals surface area contributed by atoms with Crippen molar-refractivity contribution in [2.75, 3.05) is 26.2 Å². The molecule has 0 radical (unpaired) electrons. The lowest BCUT2D eigenvalue weighted by molar-refractivity contribution is -0.158. The van der Waals surface area contributed by atoms with Crippen molar-refractivity contribution in [3.63, 3.8) is 0 Å². The van der Waals surface area contributed by atoms with Gasteiger partial charge >= 0.3 is 23.9 Å². The summed E-state index contributed by atoms with van der Waals surface area (Å²) in [7, 11) is 0. The van der Waals surface area contributed by atoms with Crippen LogP contribution in [-0.2, 0) is 59.3 Å². The third-order valence-electron chi connectivity index (χ3n) is 7.02. The fraction of sp³-hybridized carbons (Fsp3) is 0.579. The van der Waals surface area contributed by atoms with Gasteiger partial charge in [-0.15, -0.1) is 0 Å². The lowest BCUT2D eigenvalue weighted by Gasteiger charge is -2.29. The van der Waals surface area contributed by atoms with Gasteiger partial charge in [-0.05, 0) is 98.4 Å². The van der Waals surface area contributed by atoms with Gasteiger partial charge in [-0.3, -0.25) is 29.0 Å². The third-order valence-corrected chi connectivity index (χ3v) is 7.02. The minimum absolute atomic E-state index is 0.00278. The zero-order chi connectivity index (χ0) is 37.9. The molecule has 0 bridgehead atoms. The van der Waals surface area contributed by atoms with Gasteiger partial charge in [0.1, 0.15) is 28.3 Å². The van der Waals surface area contributed by atoms with Crippen LogP contribution in [0.1, 0.15) is 97.4 Å². The van der Waals surface area contributed by atoms with E-state index < -0.39 is 34.7 Å². The van der Waals surface area contributed by atoms with Crippen molar-refractivity contribution in [3.8, 4) is 11.5 Å². The highest BCUT2D eigenvalue weighted by Gasteiger charge is 2.24. The van der Waals surface area contributed by atoms with Gasteiger partial charge in [0.2, 0.25) is 0 Å². The average molecular weight is 701 g/mol. The van der Waals surface area contributed by atoms with E-state index in [0.717, 1.165) is 11.1 Å². The summed E-state index contributed by atoms with van der Waals surface area (Å²) in [4.78, 5) is 53.0. The Bertz CT molecular complexity index is 1470. The van der Waals surface area contributed by atoms with Crippen molar-refractivity contribution >= 4 is 23.9 Å². The number of aryl methyl sites for hydroxylation is 2. The molecule has 0 atom stereocenters. The number of hydrogen-bond donors (Lipinski definition) is 3. The highest BCUT2D eigenvalue weighted by atomic mass is 16.6. The number of rotatable bonds is 17. The Labute approximate surface area is 296 Å². The van der Waals surface area contributed by atoms with Crippen LogP contribution in [0.5, 0.6) is 11.5 Å². The number of hydrogen-bond acceptors (Lipinski definition) is 11. The van der Waals surface area contributed by atoms with E-state index in [0.29, 0.717) is 17.5 Å². The van der Waals surface area contributed by atoms with Gasteiger partial charge in [-0.25, -0.2) is 0 Å². The number of carboxylic acid groups (broad SMARTS) is 1. The molecular weight excluding hydrogens is 644 g/mol. The lowest BCUT2D eigenvalue weighted by Crippen LogP contribution is -2.41. The quantitative estimate of drug-likeness (QED) is 0.143. The molecule has 0 heterocycles. The molecule has 0 aliphatic rings. The van der Waals surface area contributed by atoms with E-state index in [1.807, 2.05) is 0 Å². The molecule has 2 rings (SSSR count). The van der Waals surface area contributed by atoms with Crippen LogP contribution >= 0.6 is 0 Å². The van der Waals surface area contributed by atoms with Gasteiger partial charge in [0.05, 0.1) is 13.1 Å². The highest BCUT2D eigenvalue weighted by Crippen LogP contribution is 2.24. The van der Waals surface area contributed by atoms with Crippen LogP contribution in [0.15, 0.2) is 36.4 Å². The topological polar surface area (TPSA) is 163 Å². The van der Waals surface area contributed by atoms with E-state index in [-0.39, 0.29) is 76.0 Å². The summed E-state index contributed by atoms with van der Waals surface area (Å²) < 4.78 is 16.6. The normalized spacial score (nSPS) is 12.2. The summed E-state index contributed by atoms with van der Waals surface area (Å²) in [6.45, 7) is 16.6. The Morgan fingerprint density at radius 2 is 0.940 bits per heavy atom. The van der Waals surface area contributed by atoms with Crippen molar-refractivity contribution in [2.45, 2.75) is 118 Å². The standard InChI is InChI=1S/C38H56N2O10/c1-36(2,3)48-33(45)17-13-27-11-15-31(42)29(21-27)23-40(25-35(47)50-38(7,8)9)19-18-39(24-34(46)49-37(4,5)6)22-28-20-26(10-14-30(28)41)12-16-32(43)44/h10-11,14-15,20-21,41-42H,12-13,16-19,22-25H2,1-9H3,(H,43,44). The van der Waals surface area contributed by atoms with E-state index in [9.17, 15) is 29.4 Å². The van der Waals surface area contributed by atoms with E-state index >= 15 is 0 Å². The largest absolute Gasteiger partial charge is 0.508 e. The summed E-state index contributed by atoms with van der Waals surface area (Å²) in [6.07, 6.45) is 0.763. The van der Waals surface area contributed by atoms with Crippen LogP contribution in [0.3, 0.4) is 0 Å². The zero-order valence-electron chi connectivity index (χ0n) is 31.1. The molecule has 12 heteroatoms. The van der Waals surface area contributed by atoms with Crippen LogP contribution in [0, 0.1) is 0 Å². The van der Waals surface area contributed by atoms with Crippen molar-refractivity contribution in [3.05, 3.63) is 58.7 Å². The fourth-order valence-corrected chi connectivity index (χ4v) is 5.04. The summed E-state index contributed by atoms with van der Waals surface area (Å²) >= 11 is 0. The maximum absolute atomic E-state index is 13.0. The number of phenolic OH excluding ortho intramolecular Hbond substituents is 2. The number of aliphatic carboxylic acids is 1. The molecule has 12 nitrogen and oxygen atoms in total. The molecule has 0 aromatic heterocycles. The molecule has 0 saturated heterocycles. The van der Waals surface area contributed by atoms with Crippen molar-refractivity contribution < 1.29 is 48.7 Å². The second-order valence-corrected chi connectivity index (χ2v) is 15.5. The number of phenols is 2. The van der Waals surface area contributed by atoms with E-state index in [2.05, 4.69) is 0 Å². The number of nitrogens with zero attached hydrogens (tertiary/aromatic N) is 2. The molecule has 0 aliphatic heterocycles. The van der Waals surface area contributed by atoms with Crippen molar-refractivity contribution in [2.24, 2.45) is 0 Å². The summed E-state index contributed by atoms with van der Waals surface area (Å²) in [5.74, 6) is -2.20. The Morgan fingerprint density at radius 1 is 0.580 bits per heavy atom. The minimum Gasteiger partial charge on any atom is -0.508 e. The van der Waals surface area contributed by atoms with Crippen LogP contribution in [0.4, 0.5) is 0 Å². The number of carbonyl (C=O) groups excluding carboxylic acids is 3. The first-order valence-electron chi connectivity index (χ1n) is 16.9. The van der Waals surface area contributed by atoms with Gasteiger partial charge in [-0.1, -0.05) is 24.3 Å². The van der Waals surface area contributed by atoms with E-state index in [4.69, 9.17) is 19.3 Å². The SMILES string of the molecule is CC(C)(C)OC(=O)CCc1ccc(O)c(CN(CCN(CC(=O)OC(C)(C)C)Cc2cc(CCC(=O)O)ccc2O)CC(=O)OC(C)(C)C)c1.